The second kappa shape index (κ2) is 6.80. The van der Waals surface area contributed by atoms with Gasteiger partial charge in [-0.2, -0.15) is 0 Å². The van der Waals surface area contributed by atoms with E-state index in [1.807, 2.05) is 0 Å². The van der Waals surface area contributed by atoms with E-state index in [4.69, 9.17) is 11.5 Å². The van der Waals surface area contributed by atoms with Crippen molar-refractivity contribution in [3.8, 4) is 0 Å². The number of primary amides is 1. The molecule has 0 fully saturated rings. The number of rotatable bonds is 8. The number of carbonyl (C=O) groups is 1. The Labute approximate surface area is 93.0 Å². The largest absolute Gasteiger partial charge is 0.370 e. The topological polar surface area (TPSA) is 72.3 Å². The minimum Gasteiger partial charge on any atom is -0.370 e. The van der Waals surface area contributed by atoms with Crippen LogP contribution in [-0.4, -0.2) is 36.0 Å². The van der Waals surface area contributed by atoms with Gasteiger partial charge in [0.1, 0.15) is 0 Å². The normalized spacial score (nSPS) is 12.1. The summed E-state index contributed by atoms with van der Waals surface area (Å²) < 4.78 is 0. The van der Waals surface area contributed by atoms with E-state index in [2.05, 4.69) is 25.7 Å². The van der Waals surface area contributed by atoms with Crippen LogP contribution in [0.4, 0.5) is 0 Å². The van der Waals surface area contributed by atoms with Gasteiger partial charge in [-0.1, -0.05) is 20.8 Å². The van der Waals surface area contributed by atoms with Crippen LogP contribution in [0.3, 0.4) is 0 Å². The van der Waals surface area contributed by atoms with Crippen LogP contribution in [0.2, 0.25) is 0 Å². The molecule has 0 heterocycles. The van der Waals surface area contributed by atoms with Crippen LogP contribution in [0.5, 0.6) is 0 Å². The average Bonchev–Trinajstić information content (AvgIpc) is 2.24. The Hall–Kier alpha value is -0.610. The van der Waals surface area contributed by atoms with Crippen molar-refractivity contribution in [1.29, 1.82) is 0 Å². The van der Waals surface area contributed by atoms with Gasteiger partial charge in [0.05, 0.1) is 0 Å². The highest BCUT2D eigenvalue weighted by Crippen LogP contribution is 2.22. The molecule has 0 saturated heterocycles. The highest BCUT2D eigenvalue weighted by atomic mass is 16.1. The van der Waals surface area contributed by atoms with Crippen molar-refractivity contribution < 1.29 is 4.79 Å². The molecule has 0 rings (SSSR count). The van der Waals surface area contributed by atoms with Crippen LogP contribution >= 0.6 is 0 Å². The molecule has 0 atom stereocenters. The molecule has 0 aliphatic heterocycles. The van der Waals surface area contributed by atoms with Gasteiger partial charge >= 0.3 is 0 Å². The monoisotopic (exact) mass is 215 g/mol. The first-order valence-corrected chi connectivity index (χ1v) is 5.79. The number of hydrogen-bond donors (Lipinski definition) is 2. The average molecular weight is 215 g/mol. The molecule has 15 heavy (non-hydrogen) atoms. The third-order valence-corrected chi connectivity index (χ3v) is 3.38. The van der Waals surface area contributed by atoms with Crippen molar-refractivity contribution in [3.63, 3.8) is 0 Å². The van der Waals surface area contributed by atoms with Gasteiger partial charge < -0.3 is 11.5 Å². The molecular formula is C11H25N3O. The molecule has 90 valence electrons. The van der Waals surface area contributed by atoms with E-state index in [1.165, 1.54) is 0 Å². The molecular weight excluding hydrogens is 190 g/mol. The first-order chi connectivity index (χ1) is 7.06. The molecule has 0 unspecified atom stereocenters. The Balaban J connectivity index is 4.51. The highest BCUT2D eigenvalue weighted by Gasteiger charge is 2.30. The zero-order valence-electron chi connectivity index (χ0n) is 10.3. The Kier molecular flexibility index (Phi) is 6.52. The molecule has 1 amide bonds. The molecule has 0 radical (unpaired) electrons. The van der Waals surface area contributed by atoms with E-state index in [0.29, 0.717) is 19.5 Å². The van der Waals surface area contributed by atoms with Crippen molar-refractivity contribution in [3.05, 3.63) is 0 Å². The highest BCUT2D eigenvalue weighted by molar-refractivity contribution is 5.73. The number of nitrogens with zero attached hydrogens (tertiary/aromatic N) is 1. The lowest BCUT2D eigenvalue weighted by atomic mass is 9.90. The Morgan fingerprint density at radius 3 is 2.07 bits per heavy atom. The van der Waals surface area contributed by atoms with Crippen LogP contribution in [0, 0.1) is 0 Å². The van der Waals surface area contributed by atoms with Crippen molar-refractivity contribution in [2.24, 2.45) is 11.5 Å². The Morgan fingerprint density at radius 2 is 1.80 bits per heavy atom. The summed E-state index contributed by atoms with van der Waals surface area (Å²) in [6.45, 7) is 8.63. The zero-order chi connectivity index (χ0) is 11.9. The maximum atomic E-state index is 10.8. The minimum absolute atomic E-state index is 0.0319. The molecule has 0 bridgehead atoms. The lowest BCUT2D eigenvalue weighted by molar-refractivity contribution is -0.118. The standard InChI is InChI=1S/C11H25N3O/c1-4-11(5-2,9-12)14(6-3)8-7-10(13)15/h4-9,12H2,1-3H3,(H2,13,15). The van der Waals surface area contributed by atoms with Gasteiger partial charge in [-0.3, -0.25) is 9.69 Å². The summed E-state index contributed by atoms with van der Waals surface area (Å²) in [5.41, 5.74) is 11.1. The van der Waals surface area contributed by atoms with E-state index < -0.39 is 0 Å². The van der Waals surface area contributed by atoms with Gasteiger partial charge in [0.2, 0.25) is 5.91 Å². The summed E-state index contributed by atoms with van der Waals surface area (Å²) >= 11 is 0. The summed E-state index contributed by atoms with van der Waals surface area (Å²) in [5, 5.41) is 0. The molecule has 0 aliphatic rings. The lowest BCUT2D eigenvalue weighted by Gasteiger charge is -2.42. The number of nitrogens with two attached hydrogens (primary N) is 2. The molecule has 0 aromatic rings. The molecule has 4 nitrogen and oxygen atoms in total. The fourth-order valence-corrected chi connectivity index (χ4v) is 2.09. The zero-order valence-corrected chi connectivity index (χ0v) is 10.3. The first-order valence-electron chi connectivity index (χ1n) is 5.79. The third-order valence-electron chi connectivity index (χ3n) is 3.38. The maximum Gasteiger partial charge on any atom is 0.218 e. The molecule has 4 N–H and O–H groups in total. The molecule has 0 spiro atoms. The van der Waals surface area contributed by atoms with Gasteiger partial charge in [0.15, 0.2) is 0 Å². The molecule has 0 aliphatic carbocycles. The number of likely N-dealkylation sites (N-methyl/N-ethyl adjacent to an activating group) is 1. The number of carbonyl (C=O) groups excluding carboxylic acids is 1. The molecule has 4 heteroatoms. The predicted octanol–water partition coefficient (Wildman–Crippen LogP) is 0.701. The Morgan fingerprint density at radius 1 is 1.27 bits per heavy atom. The van der Waals surface area contributed by atoms with E-state index in [-0.39, 0.29) is 11.4 Å². The summed E-state index contributed by atoms with van der Waals surface area (Å²) in [5.74, 6) is -0.244. The first kappa shape index (κ1) is 14.4. The molecule has 0 aromatic heterocycles. The van der Waals surface area contributed by atoms with Crippen LogP contribution in [-0.2, 0) is 4.79 Å². The van der Waals surface area contributed by atoms with E-state index in [9.17, 15) is 4.79 Å². The van der Waals surface area contributed by atoms with Gasteiger partial charge in [-0.05, 0) is 19.4 Å². The SMILES string of the molecule is CCN(CCC(N)=O)C(CC)(CC)CN. The van der Waals surface area contributed by atoms with Gasteiger partial charge in [-0.25, -0.2) is 0 Å². The smallest absolute Gasteiger partial charge is 0.218 e. The van der Waals surface area contributed by atoms with E-state index in [0.717, 1.165) is 19.4 Å². The fraction of sp³-hybridized carbons (Fsp3) is 0.909. The second-order valence-corrected chi connectivity index (χ2v) is 3.93. The predicted molar refractivity (Wildman–Crippen MR) is 63.4 cm³/mol. The van der Waals surface area contributed by atoms with Crippen molar-refractivity contribution >= 4 is 5.91 Å². The minimum atomic E-state index is -0.244. The number of hydrogen-bond acceptors (Lipinski definition) is 3. The summed E-state index contributed by atoms with van der Waals surface area (Å²) in [6.07, 6.45) is 2.43. The third kappa shape index (κ3) is 3.80. The van der Waals surface area contributed by atoms with E-state index >= 15 is 0 Å². The van der Waals surface area contributed by atoms with Crippen LogP contribution in [0.25, 0.3) is 0 Å². The van der Waals surface area contributed by atoms with E-state index in [1.54, 1.807) is 0 Å². The van der Waals surface area contributed by atoms with Crippen molar-refractivity contribution in [2.75, 3.05) is 19.6 Å². The van der Waals surface area contributed by atoms with Crippen LogP contribution < -0.4 is 11.5 Å². The quantitative estimate of drug-likeness (QED) is 0.626. The summed E-state index contributed by atoms with van der Waals surface area (Å²) in [4.78, 5) is 13.1. The van der Waals surface area contributed by atoms with Crippen LogP contribution in [0.15, 0.2) is 0 Å². The van der Waals surface area contributed by atoms with Crippen LogP contribution in [0.1, 0.15) is 40.0 Å². The second-order valence-electron chi connectivity index (χ2n) is 3.93. The lowest BCUT2D eigenvalue weighted by Crippen LogP contribution is -2.53. The summed E-state index contributed by atoms with van der Waals surface area (Å²) in [6, 6.07) is 0. The van der Waals surface area contributed by atoms with Gasteiger partial charge in [0, 0.05) is 25.0 Å². The molecule has 0 saturated carbocycles. The van der Waals surface area contributed by atoms with Gasteiger partial charge in [-0.15, -0.1) is 0 Å². The Bertz CT molecular complexity index is 182. The number of amides is 1. The maximum absolute atomic E-state index is 10.8. The summed E-state index contributed by atoms with van der Waals surface area (Å²) in [7, 11) is 0. The van der Waals surface area contributed by atoms with Crippen molar-refractivity contribution in [2.45, 2.75) is 45.6 Å². The van der Waals surface area contributed by atoms with Crippen molar-refractivity contribution in [1.82, 2.24) is 4.90 Å². The van der Waals surface area contributed by atoms with Gasteiger partial charge in [0.25, 0.3) is 0 Å². The fourth-order valence-electron chi connectivity index (χ4n) is 2.09. The molecule has 0 aromatic carbocycles.